The Hall–Kier alpha value is -1.48. The van der Waals surface area contributed by atoms with Gasteiger partial charge in [-0.05, 0) is 36.8 Å². The van der Waals surface area contributed by atoms with Gasteiger partial charge in [-0.25, -0.2) is 0 Å². The van der Waals surface area contributed by atoms with E-state index in [0.29, 0.717) is 18.3 Å². The Labute approximate surface area is 174 Å². The van der Waals surface area contributed by atoms with Gasteiger partial charge in [0.15, 0.2) is 5.96 Å². The lowest BCUT2D eigenvalue weighted by Gasteiger charge is -2.19. The van der Waals surface area contributed by atoms with Gasteiger partial charge in [-0.1, -0.05) is 34.1 Å². The minimum atomic E-state index is 0. The number of aromatic hydroxyl groups is 1. The number of methoxy groups -OCH3 is 1. The van der Waals surface area contributed by atoms with Gasteiger partial charge in [-0.2, -0.15) is 0 Å². The molecule has 5 nitrogen and oxygen atoms in total. The molecule has 25 heavy (non-hydrogen) atoms. The zero-order valence-corrected chi connectivity index (χ0v) is 18.3. The lowest BCUT2D eigenvalue weighted by Crippen LogP contribution is -2.38. The average Bonchev–Trinajstić information content (AvgIpc) is 2.60. The number of halogens is 2. The van der Waals surface area contributed by atoms with E-state index in [2.05, 4.69) is 44.5 Å². The number of hydrogen-bond acceptors (Lipinski definition) is 3. The van der Waals surface area contributed by atoms with Crippen LogP contribution in [0.25, 0.3) is 0 Å². The quantitative estimate of drug-likeness (QED) is 0.314. The lowest BCUT2D eigenvalue weighted by molar-refractivity contribution is 0.410. The van der Waals surface area contributed by atoms with E-state index in [1.807, 2.05) is 18.2 Å². The summed E-state index contributed by atoms with van der Waals surface area (Å²) in [4.78, 5) is 4.24. The van der Waals surface area contributed by atoms with Crippen LogP contribution in [0, 0.1) is 0 Å². The SMILES string of the molecule is CN=C(NCc1cc(OC)ccc1O)NC(C)c1ccccc1Br.I. The molecule has 2 rings (SSSR count). The predicted octanol–water partition coefficient (Wildman–Crippen LogP) is 4.21. The van der Waals surface area contributed by atoms with Crippen LogP contribution in [0.3, 0.4) is 0 Å². The van der Waals surface area contributed by atoms with E-state index >= 15 is 0 Å². The molecule has 7 heteroatoms. The second-order valence-electron chi connectivity index (χ2n) is 5.31. The Kier molecular flexibility index (Phi) is 9.05. The molecule has 0 fully saturated rings. The topological polar surface area (TPSA) is 65.9 Å². The van der Waals surface area contributed by atoms with E-state index in [1.54, 1.807) is 32.4 Å². The first-order valence-corrected chi connectivity index (χ1v) is 8.42. The van der Waals surface area contributed by atoms with E-state index in [9.17, 15) is 5.11 Å². The molecular formula is C18H23BrIN3O2. The molecule has 0 aliphatic carbocycles. The Balaban J connectivity index is 0.00000312. The van der Waals surface area contributed by atoms with Crippen LogP contribution in [-0.4, -0.2) is 25.2 Å². The average molecular weight is 520 g/mol. The fraction of sp³-hybridized carbons (Fsp3) is 0.278. The van der Waals surface area contributed by atoms with Gasteiger partial charge >= 0.3 is 0 Å². The van der Waals surface area contributed by atoms with Gasteiger partial charge in [-0.15, -0.1) is 24.0 Å². The lowest BCUT2D eigenvalue weighted by atomic mass is 10.1. The monoisotopic (exact) mass is 519 g/mol. The Morgan fingerprint density at radius 1 is 1.28 bits per heavy atom. The summed E-state index contributed by atoms with van der Waals surface area (Å²) in [5.41, 5.74) is 1.88. The summed E-state index contributed by atoms with van der Waals surface area (Å²) < 4.78 is 6.24. The van der Waals surface area contributed by atoms with Crippen molar-refractivity contribution in [2.45, 2.75) is 19.5 Å². The van der Waals surface area contributed by atoms with Crippen LogP contribution in [0.2, 0.25) is 0 Å². The fourth-order valence-electron chi connectivity index (χ4n) is 2.31. The minimum Gasteiger partial charge on any atom is -0.508 e. The van der Waals surface area contributed by atoms with E-state index in [1.165, 1.54) is 0 Å². The van der Waals surface area contributed by atoms with Gasteiger partial charge in [0, 0.05) is 23.6 Å². The second-order valence-corrected chi connectivity index (χ2v) is 6.16. The highest BCUT2D eigenvalue weighted by atomic mass is 127. The van der Waals surface area contributed by atoms with Gasteiger partial charge in [0.2, 0.25) is 0 Å². The van der Waals surface area contributed by atoms with E-state index in [4.69, 9.17) is 4.74 Å². The van der Waals surface area contributed by atoms with Crippen molar-refractivity contribution in [3.05, 3.63) is 58.1 Å². The Bertz CT molecular complexity index is 725. The molecule has 136 valence electrons. The van der Waals surface area contributed by atoms with Crippen molar-refractivity contribution in [2.75, 3.05) is 14.2 Å². The van der Waals surface area contributed by atoms with E-state index in [-0.39, 0.29) is 35.8 Å². The number of benzene rings is 2. The van der Waals surface area contributed by atoms with Crippen LogP contribution in [0.5, 0.6) is 11.5 Å². The van der Waals surface area contributed by atoms with Crippen LogP contribution >= 0.6 is 39.9 Å². The Morgan fingerprint density at radius 3 is 2.64 bits per heavy atom. The van der Waals surface area contributed by atoms with Crippen LogP contribution in [0.15, 0.2) is 51.9 Å². The van der Waals surface area contributed by atoms with Gasteiger partial charge in [0.05, 0.1) is 13.2 Å². The molecule has 0 aliphatic rings. The molecule has 0 saturated carbocycles. The number of rotatable bonds is 5. The first-order valence-electron chi connectivity index (χ1n) is 7.62. The first-order chi connectivity index (χ1) is 11.5. The van der Waals surface area contributed by atoms with Crippen molar-refractivity contribution < 1.29 is 9.84 Å². The third-order valence-electron chi connectivity index (χ3n) is 3.68. The highest BCUT2D eigenvalue weighted by molar-refractivity contribution is 14.0. The van der Waals surface area contributed by atoms with Gasteiger partial charge in [-0.3, -0.25) is 4.99 Å². The van der Waals surface area contributed by atoms with Crippen molar-refractivity contribution in [3.63, 3.8) is 0 Å². The summed E-state index contributed by atoms with van der Waals surface area (Å²) in [5.74, 6) is 1.58. The summed E-state index contributed by atoms with van der Waals surface area (Å²) >= 11 is 3.56. The largest absolute Gasteiger partial charge is 0.508 e. The number of nitrogens with one attached hydrogen (secondary N) is 2. The molecule has 3 N–H and O–H groups in total. The van der Waals surface area contributed by atoms with Gasteiger partial charge in [0.1, 0.15) is 11.5 Å². The first kappa shape index (κ1) is 21.6. The number of guanidine groups is 1. The maximum absolute atomic E-state index is 9.95. The predicted molar refractivity (Wildman–Crippen MR) is 116 cm³/mol. The van der Waals surface area contributed by atoms with Crippen molar-refractivity contribution in [1.82, 2.24) is 10.6 Å². The molecule has 1 atom stereocenters. The molecule has 0 radical (unpaired) electrons. The number of ether oxygens (including phenoxy) is 1. The minimum absolute atomic E-state index is 0. The maximum atomic E-state index is 9.95. The second kappa shape index (κ2) is 10.5. The van der Waals surface area contributed by atoms with Crippen molar-refractivity contribution in [3.8, 4) is 11.5 Å². The van der Waals surface area contributed by atoms with Crippen LogP contribution in [-0.2, 0) is 6.54 Å². The zero-order chi connectivity index (χ0) is 17.5. The summed E-state index contributed by atoms with van der Waals surface area (Å²) in [6, 6.07) is 13.3. The number of phenolic OH excluding ortho intramolecular Hbond substituents is 1. The van der Waals surface area contributed by atoms with E-state index in [0.717, 1.165) is 15.6 Å². The molecule has 1 unspecified atom stereocenters. The molecule has 0 heterocycles. The number of hydrogen-bond donors (Lipinski definition) is 3. The van der Waals surface area contributed by atoms with Crippen molar-refractivity contribution in [2.24, 2.45) is 4.99 Å². The van der Waals surface area contributed by atoms with Gasteiger partial charge < -0.3 is 20.5 Å². The van der Waals surface area contributed by atoms with Crippen LogP contribution in [0.1, 0.15) is 24.1 Å². The van der Waals surface area contributed by atoms with Crippen molar-refractivity contribution >= 4 is 45.9 Å². The summed E-state index contributed by atoms with van der Waals surface area (Å²) in [5, 5.41) is 16.5. The van der Waals surface area contributed by atoms with Gasteiger partial charge in [0.25, 0.3) is 0 Å². The normalized spacial score (nSPS) is 12.1. The van der Waals surface area contributed by atoms with Crippen molar-refractivity contribution in [1.29, 1.82) is 0 Å². The summed E-state index contributed by atoms with van der Waals surface area (Å²) in [7, 11) is 3.32. The third kappa shape index (κ3) is 6.07. The number of nitrogens with zero attached hydrogens (tertiary/aromatic N) is 1. The highest BCUT2D eigenvalue weighted by Gasteiger charge is 2.11. The third-order valence-corrected chi connectivity index (χ3v) is 4.40. The van der Waals surface area contributed by atoms with E-state index < -0.39 is 0 Å². The molecule has 0 aliphatic heterocycles. The molecule has 0 bridgehead atoms. The molecule has 2 aromatic carbocycles. The van der Waals surface area contributed by atoms with Crippen LogP contribution < -0.4 is 15.4 Å². The molecule has 0 spiro atoms. The molecule has 0 saturated heterocycles. The maximum Gasteiger partial charge on any atom is 0.191 e. The highest BCUT2D eigenvalue weighted by Crippen LogP contribution is 2.24. The molecule has 2 aromatic rings. The summed E-state index contributed by atoms with van der Waals surface area (Å²) in [6.45, 7) is 2.50. The summed E-state index contributed by atoms with van der Waals surface area (Å²) in [6.07, 6.45) is 0. The smallest absolute Gasteiger partial charge is 0.191 e. The molecule has 0 aromatic heterocycles. The van der Waals surface area contributed by atoms with Crippen LogP contribution in [0.4, 0.5) is 0 Å². The molecule has 0 amide bonds. The number of aliphatic imine (C=N–C) groups is 1. The standard InChI is InChI=1S/C18H22BrN3O2.HI/c1-12(15-6-4-5-7-16(15)19)22-18(20-2)21-11-13-10-14(24-3)8-9-17(13)23;/h4-10,12,23H,11H2,1-3H3,(H2,20,21,22);1H. The Morgan fingerprint density at radius 2 is 2.00 bits per heavy atom. The molecular weight excluding hydrogens is 497 g/mol. The number of phenols is 1. The fourth-order valence-corrected chi connectivity index (χ4v) is 2.94. The zero-order valence-electron chi connectivity index (χ0n) is 14.4.